The van der Waals surface area contributed by atoms with Crippen LogP contribution in [0.2, 0.25) is 0 Å². The largest absolute Gasteiger partial charge is 0.399 e. The van der Waals surface area contributed by atoms with E-state index < -0.39 is 0 Å². The molecule has 0 radical (unpaired) electrons. The van der Waals surface area contributed by atoms with Crippen molar-refractivity contribution in [2.45, 2.75) is 26.7 Å². The lowest BCUT2D eigenvalue weighted by molar-refractivity contribution is 0.565. The van der Waals surface area contributed by atoms with Crippen LogP contribution in [0.5, 0.6) is 0 Å². The number of nitrogen functional groups attached to an aromatic ring is 1. The summed E-state index contributed by atoms with van der Waals surface area (Å²) >= 11 is 0. The van der Waals surface area contributed by atoms with Crippen molar-refractivity contribution in [3.05, 3.63) is 23.3 Å². The van der Waals surface area contributed by atoms with Crippen LogP contribution in [0.15, 0.2) is 17.1 Å². The Labute approximate surface area is 83.7 Å². The maximum absolute atomic E-state index is 10.3. The molecule has 0 saturated carbocycles. The zero-order valence-corrected chi connectivity index (χ0v) is 8.50. The number of aryl methyl sites for hydroxylation is 2. The van der Waals surface area contributed by atoms with E-state index in [1.165, 1.54) is 0 Å². The molecule has 0 amide bonds. The normalized spacial score (nSPS) is 9.57. The maximum Gasteiger partial charge on any atom is 0.240 e. The van der Waals surface area contributed by atoms with Gasteiger partial charge in [0.15, 0.2) is 0 Å². The first-order valence-electron chi connectivity index (χ1n) is 4.72. The first-order valence-corrected chi connectivity index (χ1v) is 4.72. The van der Waals surface area contributed by atoms with Crippen LogP contribution in [-0.4, -0.2) is 6.08 Å². The lowest BCUT2D eigenvalue weighted by Crippen LogP contribution is -1.93. The number of nitrogens with two attached hydrogens (primary N) is 1. The Morgan fingerprint density at radius 2 is 1.79 bits per heavy atom. The summed E-state index contributed by atoms with van der Waals surface area (Å²) in [7, 11) is 0. The summed E-state index contributed by atoms with van der Waals surface area (Å²) in [6.45, 7) is 4.02. The number of hydrogen-bond donors (Lipinski definition) is 1. The first kappa shape index (κ1) is 10.5. The number of benzene rings is 1. The molecule has 14 heavy (non-hydrogen) atoms. The fraction of sp³-hybridized carbons (Fsp3) is 0.364. The van der Waals surface area contributed by atoms with Crippen molar-refractivity contribution in [2.75, 3.05) is 5.73 Å². The summed E-state index contributed by atoms with van der Waals surface area (Å²) in [6.07, 6.45) is 3.22. The molecule has 0 aliphatic heterocycles. The molecule has 3 heteroatoms. The highest BCUT2D eigenvalue weighted by atomic mass is 16.1. The first-order chi connectivity index (χ1) is 6.72. The van der Waals surface area contributed by atoms with Crippen LogP contribution in [0.3, 0.4) is 0 Å². The van der Waals surface area contributed by atoms with Crippen LogP contribution in [0.1, 0.15) is 25.0 Å². The number of hydrogen-bond acceptors (Lipinski definition) is 3. The van der Waals surface area contributed by atoms with Gasteiger partial charge in [-0.1, -0.05) is 13.8 Å². The van der Waals surface area contributed by atoms with Crippen LogP contribution in [-0.2, 0) is 17.6 Å². The van der Waals surface area contributed by atoms with Crippen molar-refractivity contribution in [2.24, 2.45) is 4.99 Å². The SMILES string of the molecule is CCc1cc(N)cc(CC)c1N=C=O. The molecule has 74 valence electrons. The van der Waals surface area contributed by atoms with Crippen LogP contribution in [0.4, 0.5) is 11.4 Å². The van der Waals surface area contributed by atoms with Gasteiger partial charge in [-0.25, -0.2) is 4.79 Å². The summed E-state index contributed by atoms with van der Waals surface area (Å²) in [5, 5.41) is 0. The Hall–Kier alpha value is -1.60. The number of aliphatic imine (C=N–C) groups is 1. The number of anilines is 1. The lowest BCUT2D eigenvalue weighted by atomic mass is 10.0. The zero-order valence-electron chi connectivity index (χ0n) is 8.50. The third-order valence-corrected chi connectivity index (χ3v) is 2.21. The van der Waals surface area contributed by atoms with Crippen molar-refractivity contribution in [1.29, 1.82) is 0 Å². The van der Waals surface area contributed by atoms with Crippen LogP contribution < -0.4 is 5.73 Å². The minimum Gasteiger partial charge on any atom is -0.399 e. The average molecular weight is 190 g/mol. The Morgan fingerprint density at radius 3 is 2.14 bits per heavy atom. The number of carbonyl (C=O) groups excluding carboxylic acids is 1. The zero-order chi connectivity index (χ0) is 10.6. The summed E-state index contributed by atoms with van der Waals surface area (Å²) in [6, 6.07) is 3.71. The second-order valence-corrected chi connectivity index (χ2v) is 3.10. The van der Waals surface area contributed by atoms with Gasteiger partial charge in [-0.2, -0.15) is 4.99 Å². The highest BCUT2D eigenvalue weighted by molar-refractivity contribution is 5.64. The molecule has 0 atom stereocenters. The summed E-state index contributed by atoms with van der Waals surface area (Å²) < 4.78 is 0. The average Bonchev–Trinajstić information content (AvgIpc) is 2.20. The van der Waals surface area contributed by atoms with Crippen molar-refractivity contribution in [3.8, 4) is 0 Å². The van der Waals surface area contributed by atoms with Gasteiger partial charge in [-0.05, 0) is 36.1 Å². The summed E-state index contributed by atoms with van der Waals surface area (Å²) in [5.41, 5.74) is 9.21. The monoisotopic (exact) mass is 190 g/mol. The van der Waals surface area contributed by atoms with E-state index in [0.29, 0.717) is 0 Å². The number of nitrogens with zero attached hydrogens (tertiary/aromatic N) is 1. The minimum atomic E-state index is 0.726. The molecule has 0 aromatic heterocycles. The number of rotatable bonds is 3. The molecular weight excluding hydrogens is 176 g/mol. The molecule has 3 nitrogen and oxygen atoms in total. The highest BCUT2D eigenvalue weighted by Crippen LogP contribution is 2.28. The van der Waals surface area contributed by atoms with Gasteiger partial charge >= 0.3 is 0 Å². The van der Waals surface area contributed by atoms with Gasteiger partial charge in [0.2, 0.25) is 6.08 Å². The van der Waals surface area contributed by atoms with E-state index in [1.807, 2.05) is 26.0 Å². The van der Waals surface area contributed by atoms with Gasteiger partial charge in [-0.3, -0.25) is 0 Å². The second-order valence-electron chi connectivity index (χ2n) is 3.10. The standard InChI is InChI=1S/C11H14N2O/c1-3-8-5-10(12)6-9(4-2)11(8)13-7-14/h5-6H,3-4,12H2,1-2H3. The van der Waals surface area contributed by atoms with Crippen molar-refractivity contribution >= 4 is 17.5 Å². The summed E-state index contributed by atoms with van der Waals surface area (Å²) in [5.74, 6) is 0. The molecule has 0 unspecified atom stereocenters. The van der Waals surface area contributed by atoms with E-state index in [2.05, 4.69) is 4.99 Å². The van der Waals surface area contributed by atoms with E-state index in [1.54, 1.807) is 6.08 Å². The number of isocyanates is 1. The second kappa shape index (κ2) is 4.58. The predicted molar refractivity (Wildman–Crippen MR) is 57.4 cm³/mol. The van der Waals surface area contributed by atoms with E-state index in [0.717, 1.165) is 35.3 Å². The molecule has 0 saturated heterocycles. The van der Waals surface area contributed by atoms with Gasteiger partial charge in [0.1, 0.15) is 0 Å². The quantitative estimate of drug-likeness (QED) is 0.452. The summed E-state index contributed by atoms with van der Waals surface area (Å²) in [4.78, 5) is 14.0. The van der Waals surface area contributed by atoms with Crippen LogP contribution in [0.25, 0.3) is 0 Å². The topological polar surface area (TPSA) is 55.4 Å². The Kier molecular flexibility index (Phi) is 3.43. The van der Waals surface area contributed by atoms with Crippen molar-refractivity contribution in [3.63, 3.8) is 0 Å². The molecule has 2 N–H and O–H groups in total. The fourth-order valence-electron chi connectivity index (χ4n) is 1.52. The van der Waals surface area contributed by atoms with E-state index in [4.69, 9.17) is 5.73 Å². The molecule has 0 bridgehead atoms. The Balaban J connectivity index is 3.39. The van der Waals surface area contributed by atoms with E-state index in [9.17, 15) is 4.79 Å². The molecule has 1 rings (SSSR count). The van der Waals surface area contributed by atoms with Crippen molar-refractivity contribution in [1.82, 2.24) is 0 Å². The fourth-order valence-corrected chi connectivity index (χ4v) is 1.52. The van der Waals surface area contributed by atoms with E-state index >= 15 is 0 Å². The van der Waals surface area contributed by atoms with Crippen LogP contribution in [0, 0.1) is 0 Å². The molecule has 0 spiro atoms. The molecule has 1 aromatic rings. The highest BCUT2D eigenvalue weighted by Gasteiger charge is 2.06. The van der Waals surface area contributed by atoms with E-state index in [-0.39, 0.29) is 0 Å². The maximum atomic E-state index is 10.3. The van der Waals surface area contributed by atoms with Crippen LogP contribution >= 0.6 is 0 Å². The molecular formula is C11H14N2O. The van der Waals surface area contributed by atoms with Gasteiger partial charge < -0.3 is 5.73 Å². The molecule has 0 aliphatic rings. The molecule has 1 aromatic carbocycles. The predicted octanol–water partition coefficient (Wildman–Crippen LogP) is 2.36. The third-order valence-electron chi connectivity index (χ3n) is 2.21. The van der Waals surface area contributed by atoms with Gasteiger partial charge in [0.05, 0.1) is 5.69 Å². The Morgan fingerprint density at radius 1 is 1.29 bits per heavy atom. The molecule has 0 fully saturated rings. The Bertz CT molecular complexity index is 354. The third kappa shape index (κ3) is 2.01. The van der Waals surface area contributed by atoms with Gasteiger partial charge in [0, 0.05) is 5.69 Å². The van der Waals surface area contributed by atoms with Crippen molar-refractivity contribution < 1.29 is 4.79 Å². The minimum absolute atomic E-state index is 0.726. The smallest absolute Gasteiger partial charge is 0.240 e. The van der Waals surface area contributed by atoms with Gasteiger partial charge in [-0.15, -0.1) is 0 Å². The van der Waals surface area contributed by atoms with Gasteiger partial charge in [0.25, 0.3) is 0 Å². The lowest BCUT2D eigenvalue weighted by Gasteiger charge is -2.08. The molecule has 0 aliphatic carbocycles. The molecule has 0 heterocycles.